The maximum absolute atomic E-state index is 9.47. The van der Waals surface area contributed by atoms with Gasteiger partial charge in [-0.1, -0.05) is 18.0 Å². The number of benzene rings is 1. The van der Waals surface area contributed by atoms with E-state index in [0.29, 0.717) is 16.5 Å². The van der Waals surface area contributed by atoms with Crippen molar-refractivity contribution in [3.63, 3.8) is 0 Å². The van der Waals surface area contributed by atoms with Gasteiger partial charge in [-0.3, -0.25) is 4.90 Å². The Kier molecular flexibility index (Phi) is 5.52. The molecule has 4 nitrogen and oxygen atoms in total. The van der Waals surface area contributed by atoms with Crippen molar-refractivity contribution in [1.29, 1.82) is 0 Å². The number of nitrogens with zero attached hydrogens (tertiary/aromatic N) is 1. The van der Waals surface area contributed by atoms with Crippen molar-refractivity contribution in [3.8, 4) is 11.5 Å². The predicted molar refractivity (Wildman–Crippen MR) is 79.7 cm³/mol. The monoisotopic (exact) mass is 299 g/mol. The summed E-state index contributed by atoms with van der Waals surface area (Å²) in [6.45, 7) is 1.92. The SMILES string of the molecule is COc1cc(Cl)c(CN2CCCCC2CO)cc1OC. The van der Waals surface area contributed by atoms with Gasteiger partial charge in [0.1, 0.15) is 0 Å². The van der Waals surface area contributed by atoms with E-state index in [4.69, 9.17) is 21.1 Å². The van der Waals surface area contributed by atoms with E-state index < -0.39 is 0 Å². The highest BCUT2D eigenvalue weighted by atomic mass is 35.5. The molecule has 1 unspecified atom stereocenters. The molecule has 112 valence electrons. The van der Waals surface area contributed by atoms with Crippen LogP contribution in [-0.2, 0) is 6.54 Å². The lowest BCUT2D eigenvalue weighted by molar-refractivity contribution is 0.0841. The van der Waals surface area contributed by atoms with Crippen molar-refractivity contribution < 1.29 is 14.6 Å². The van der Waals surface area contributed by atoms with Gasteiger partial charge in [-0.2, -0.15) is 0 Å². The van der Waals surface area contributed by atoms with E-state index in [1.54, 1.807) is 20.3 Å². The fourth-order valence-corrected chi connectivity index (χ4v) is 2.92. The Hall–Kier alpha value is -0.970. The maximum Gasteiger partial charge on any atom is 0.162 e. The van der Waals surface area contributed by atoms with E-state index in [9.17, 15) is 5.11 Å². The summed E-state index contributed by atoms with van der Waals surface area (Å²) < 4.78 is 10.6. The summed E-state index contributed by atoms with van der Waals surface area (Å²) in [5.74, 6) is 1.32. The summed E-state index contributed by atoms with van der Waals surface area (Å²) in [5.41, 5.74) is 1.00. The zero-order valence-electron chi connectivity index (χ0n) is 12.1. The molecule has 1 heterocycles. The number of aliphatic hydroxyl groups is 1. The standard InChI is InChI=1S/C15H22ClNO3/c1-19-14-7-11(13(16)8-15(14)20-2)9-17-6-4-3-5-12(17)10-18/h7-8,12,18H,3-6,9-10H2,1-2H3. The quantitative estimate of drug-likeness (QED) is 0.908. The Labute approximate surface area is 125 Å². The van der Waals surface area contributed by atoms with Crippen LogP contribution in [-0.4, -0.2) is 43.4 Å². The molecule has 20 heavy (non-hydrogen) atoms. The number of rotatable bonds is 5. The van der Waals surface area contributed by atoms with Crippen molar-refractivity contribution in [3.05, 3.63) is 22.7 Å². The summed E-state index contributed by atoms with van der Waals surface area (Å²) in [6.07, 6.45) is 3.39. The van der Waals surface area contributed by atoms with Gasteiger partial charge in [0.25, 0.3) is 0 Å². The average Bonchev–Trinajstić information content (AvgIpc) is 2.49. The van der Waals surface area contributed by atoms with Crippen LogP contribution in [0, 0.1) is 0 Å². The number of ether oxygens (including phenoxy) is 2. The highest BCUT2D eigenvalue weighted by Gasteiger charge is 2.23. The molecule has 5 heteroatoms. The summed E-state index contributed by atoms with van der Waals surface area (Å²) >= 11 is 6.32. The largest absolute Gasteiger partial charge is 0.493 e. The molecule has 0 amide bonds. The van der Waals surface area contributed by atoms with Gasteiger partial charge in [0, 0.05) is 23.7 Å². The normalized spacial score (nSPS) is 19.9. The van der Waals surface area contributed by atoms with Crippen LogP contribution < -0.4 is 9.47 Å². The minimum Gasteiger partial charge on any atom is -0.493 e. The number of methoxy groups -OCH3 is 2. The van der Waals surface area contributed by atoms with Crippen LogP contribution in [0.1, 0.15) is 24.8 Å². The number of hydrogen-bond donors (Lipinski definition) is 1. The third-order valence-electron chi connectivity index (χ3n) is 3.89. The molecule has 1 saturated heterocycles. The summed E-state index contributed by atoms with van der Waals surface area (Å²) in [7, 11) is 3.22. The summed E-state index contributed by atoms with van der Waals surface area (Å²) in [4.78, 5) is 2.29. The number of hydrogen-bond acceptors (Lipinski definition) is 4. The first-order valence-corrected chi connectivity index (χ1v) is 7.32. The van der Waals surface area contributed by atoms with Crippen molar-refractivity contribution in [2.24, 2.45) is 0 Å². The Morgan fingerprint density at radius 1 is 1.25 bits per heavy atom. The lowest BCUT2D eigenvalue weighted by Gasteiger charge is -2.34. The van der Waals surface area contributed by atoms with Crippen molar-refractivity contribution in [2.75, 3.05) is 27.4 Å². The third kappa shape index (κ3) is 3.37. The highest BCUT2D eigenvalue weighted by molar-refractivity contribution is 6.31. The van der Waals surface area contributed by atoms with Crippen LogP contribution in [0.2, 0.25) is 5.02 Å². The Morgan fingerprint density at radius 2 is 1.95 bits per heavy atom. The van der Waals surface area contributed by atoms with Crippen LogP contribution in [0.5, 0.6) is 11.5 Å². The van der Waals surface area contributed by atoms with Gasteiger partial charge < -0.3 is 14.6 Å². The lowest BCUT2D eigenvalue weighted by Crippen LogP contribution is -2.41. The molecule has 1 N–H and O–H groups in total. The summed E-state index contributed by atoms with van der Waals surface area (Å²) in [5, 5.41) is 10.1. The van der Waals surface area contributed by atoms with Gasteiger partial charge in [-0.05, 0) is 31.0 Å². The molecule has 0 radical (unpaired) electrons. The average molecular weight is 300 g/mol. The van der Waals surface area contributed by atoms with Gasteiger partial charge in [0.15, 0.2) is 11.5 Å². The molecular formula is C15H22ClNO3. The fourth-order valence-electron chi connectivity index (χ4n) is 2.71. The van der Waals surface area contributed by atoms with Crippen LogP contribution in [0.4, 0.5) is 0 Å². The number of aliphatic hydroxyl groups excluding tert-OH is 1. The molecule has 1 aliphatic rings. The first kappa shape index (κ1) is 15.4. The topological polar surface area (TPSA) is 41.9 Å². The number of halogens is 1. The van der Waals surface area contributed by atoms with E-state index >= 15 is 0 Å². The zero-order chi connectivity index (χ0) is 14.5. The molecule has 1 aromatic rings. The highest BCUT2D eigenvalue weighted by Crippen LogP contribution is 2.34. The van der Waals surface area contributed by atoms with E-state index in [-0.39, 0.29) is 12.6 Å². The van der Waals surface area contributed by atoms with Crippen LogP contribution >= 0.6 is 11.6 Å². The fraction of sp³-hybridized carbons (Fsp3) is 0.600. The molecular weight excluding hydrogens is 278 g/mol. The second-order valence-corrected chi connectivity index (χ2v) is 5.51. The molecule has 1 fully saturated rings. The van der Waals surface area contributed by atoms with E-state index in [2.05, 4.69) is 4.90 Å². The Morgan fingerprint density at radius 3 is 2.60 bits per heavy atom. The smallest absolute Gasteiger partial charge is 0.162 e. The van der Waals surface area contributed by atoms with Crippen molar-refractivity contribution in [1.82, 2.24) is 4.90 Å². The summed E-state index contributed by atoms with van der Waals surface area (Å²) in [6, 6.07) is 3.94. The minimum absolute atomic E-state index is 0.199. The zero-order valence-corrected chi connectivity index (χ0v) is 12.8. The van der Waals surface area contributed by atoms with E-state index in [0.717, 1.165) is 25.1 Å². The van der Waals surface area contributed by atoms with E-state index in [1.165, 1.54) is 12.8 Å². The Balaban J connectivity index is 2.19. The van der Waals surface area contributed by atoms with E-state index in [1.807, 2.05) is 6.07 Å². The van der Waals surface area contributed by atoms with Gasteiger partial charge in [-0.15, -0.1) is 0 Å². The van der Waals surface area contributed by atoms with Crippen molar-refractivity contribution in [2.45, 2.75) is 31.8 Å². The van der Waals surface area contributed by atoms with Gasteiger partial charge in [0.2, 0.25) is 0 Å². The van der Waals surface area contributed by atoms with Gasteiger partial charge in [-0.25, -0.2) is 0 Å². The van der Waals surface area contributed by atoms with Gasteiger partial charge >= 0.3 is 0 Å². The van der Waals surface area contributed by atoms with Crippen LogP contribution in [0.25, 0.3) is 0 Å². The molecule has 0 bridgehead atoms. The first-order valence-electron chi connectivity index (χ1n) is 6.95. The first-order chi connectivity index (χ1) is 9.69. The Bertz CT molecular complexity index is 453. The molecule has 0 aromatic heterocycles. The maximum atomic E-state index is 9.47. The lowest BCUT2D eigenvalue weighted by atomic mass is 10.0. The minimum atomic E-state index is 0.199. The predicted octanol–water partition coefficient (Wildman–Crippen LogP) is 2.70. The number of piperidine rings is 1. The van der Waals surface area contributed by atoms with Crippen molar-refractivity contribution >= 4 is 11.6 Å². The van der Waals surface area contributed by atoms with Gasteiger partial charge in [0.05, 0.1) is 20.8 Å². The molecule has 1 atom stereocenters. The second-order valence-electron chi connectivity index (χ2n) is 5.10. The number of likely N-dealkylation sites (tertiary alicyclic amines) is 1. The molecule has 0 spiro atoms. The molecule has 0 saturated carbocycles. The third-order valence-corrected chi connectivity index (χ3v) is 4.24. The molecule has 2 rings (SSSR count). The molecule has 1 aliphatic heterocycles. The second kappa shape index (κ2) is 7.16. The van der Waals surface area contributed by atoms with Crippen LogP contribution in [0.3, 0.4) is 0 Å². The molecule has 0 aliphatic carbocycles. The van der Waals surface area contributed by atoms with Crippen LogP contribution in [0.15, 0.2) is 12.1 Å². The molecule has 1 aromatic carbocycles.